The highest BCUT2D eigenvalue weighted by Gasteiger charge is 2.21. The number of nitrogens with two attached hydrogens (primary N) is 1. The van der Waals surface area contributed by atoms with E-state index in [1.54, 1.807) is 7.11 Å². The first-order valence-corrected chi connectivity index (χ1v) is 4.48. The van der Waals surface area contributed by atoms with Crippen LogP contribution in [0.15, 0.2) is 18.2 Å². The molecule has 1 aromatic carbocycles. The fourth-order valence-corrected chi connectivity index (χ4v) is 1.88. The summed E-state index contributed by atoms with van der Waals surface area (Å²) in [6.07, 6.45) is 2.19. The normalized spacial score (nSPS) is 20.0. The molecule has 1 aliphatic carbocycles. The highest BCUT2D eigenvalue weighted by atomic mass is 16.5. The second-order valence-electron chi connectivity index (χ2n) is 3.32. The summed E-state index contributed by atoms with van der Waals surface area (Å²) in [5.41, 5.74) is 5.47. The zero-order valence-corrected chi connectivity index (χ0v) is 7.71. The van der Waals surface area contributed by atoms with E-state index >= 15 is 0 Å². The van der Waals surface area contributed by atoms with Crippen molar-refractivity contribution < 1.29 is 4.74 Å². The molecule has 0 bridgehead atoms. The van der Waals surface area contributed by atoms with Gasteiger partial charge in [-0.2, -0.15) is 0 Å². The average Bonchev–Trinajstić information content (AvgIpc) is 2.59. The minimum absolute atomic E-state index is 0.296. The van der Waals surface area contributed by atoms with Crippen LogP contribution < -0.4 is 16.0 Å². The number of hydrazine groups is 1. The van der Waals surface area contributed by atoms with Crippen molar-refractivity contribution in [1.29, 1.82) is 0 Å². The molecule has 70 valence electrons. The van der Waals surface area contributed by atoms with Gasteiger partial charge in [-0.1, -0.05) is 6.07 Å². The summed E-state index contributed by atoms with van der Waals surface area (Å²) in [4.78, 5) is 0. The van der Waals surface area contributed by atoms with Crippen molar-refractivity contribution in [3.8, 4) is 5.75 Å². The summed E-state index contributed by atoms with van der Waals surface area (Å²) in [7, 11) is 1.68. The van der Waals surface area contributed by atoms with Crippen LogP contribution >= 0.6 is 0 Å². The van der Waals surface area contributed by atoms with Gasteiger partial charge in [0.15, 0.2) is 0 Å². The number of nitrogens with one attached hydrogen (secondary N) is 1. The van der Waals surface area contributed by atoms with Crippen LogP contribution in [0.5, 0.6) is 5.75 Å². The first kappa shape index (κ1) is 8.53. The Hall–Kier alpha value is -1.06. The molecular weight excluding hydrogens is 164 g/mol. The van der Waals surface area contributed by atoms with Gasteiger partial charge >= 0.3 is 0 Å². The summed E-state index contributed by atoms with van der Waals surface area (Å²) < 4.78 is 5.16. The maximum Gasteiger partial charge on any atom is 0.119 e. The maximum atomic E-state index is 5.45. The van der Waals surface area contributed by atoms with Gasteiger partial charge in [0, 0.05) is 6.04 Å². The van der Waals surface area contributed by atoms with Crippen molar-refractivity contribution in [3.63, 3.8) is 0 Å². The molecule has 0 amide bonds. The fraction of sp³-hybridized carbons (Fsp3) is 0.400. The Balaban J connectivity index is 2.37. The van der Waals surface area contributed by atoms with Gasteiger partial charge in [-0.3, -0.25) is 11.3 Å². The monoisotopic (exact) mass is 178 g/mol. The highest BCUT2D eigenvalue weighted by Crippen LogP contribution is 2.32. The molecule has 3 heteroatoms. The van der Waals surface area contributed by atoms with Gasteiger partial charge in [0.1, 0.15) is 5.75 Å². The van der Waals surface area contributed by atoms with E-state index in [1.807, 2.05) is 6.07 Å². The lowest BCUT2D eigenvalue weighted by Crippen LogP contribution is -2.26. The number of aryl methyl sites for hydroxylation is 1. The molecule has 0 radical (unpaired) electrons. The average molecular weight is 178 g/mol. The zero-order valence-electron chi connectivity index (χ0n) is 7.71. The number of rotatable bonds is 2. The Bertz CT molecular complexity index is 312. The van der Waals surface area contributed by atoms with Crippen molar-refractivity contribution in [1.82, 2.24) is 5.43 Å². The first-order valence-electron chi connectivity index (χ1n) is 4.48. The number of fused-ring (bicyclic) bond motifs is 1. The van der Waals surface area contributed by atoms with E-state index < -0.39 is 0 Å². The minimum atomic E-state index is 0.296. The molecule has 1 aromatic rings. The molecule has 0 aromatic heterocycles. The molecule has 0 saturated heterocycles. The van der Waals surface area contributed by atoms with Gasteiger partial charge in [-0.05, 0) is 36.1 Å². The third-order valence-corrected chi connectivity index (χ3v) is 2.63. The van der Waals surface area contributed by atoms with E-state index in [4.69, 9.17) is 10.6 Å². The van der Waals surface area contributed by atoms with Gasteiger partial charge in [0.25, 0.3) is 0 Å². The lowest BCUT2D eigenvalue weighted by atomic mass is 10.1. The smallest absolute Gasteiger partial charge is 0.119 e. The van der Waals surface area contributed by atoms with Crippen LogP contribution in [0.4, 0.5) is 0 Å². The minimum Gasteiger partial charge on any atom is -0.497 e. The van der Waals surface area contributed by atoms with Crippen molar-refractivity contribution in [2.75, 3.05) is 7.11 Å². The number of hydrogen-bond donors (Lipinski definition) is 2. The predicted molar refractivity (Wildman–Crippen MR) is 51.4 cm³/mol. The largest absolute Gasteiger partial charge is 0.497 e. The van der Waals surface area contributed by atoms with E-state index in [9.17, 15) is 0 Å². The molecule has 2 rings (SSSR count). The van der Waals surface area contributed by atoms with E-state index in [-0.39, 0.29) is 0 Å². The lowest BCUT2D eigenvalue weighted by Gasteiger charge is -2.10. The van der Waals surface area contributed by atoms with Crippen LogP contribution in [-0.2, 0) is 6.42 Å². The SMILES string of the molecule is COc1ccc2c(c1)C(NN)CC2. The molecule has 0 spiro atoms. The lowest BCUT2D eigenvalue weighted by molar-refractivity contribution is 0.413. The molecule has 3 nitrogen and oxygen atoms in total. The highest BCUT2D eigenvalue weighted by molar-refractivity contribution is 5.40. The summed E-state index contributed by atoms with van der Waals surface area (Å²) in [6, 6.07) is 6.47. The van der Waals surface area contributed by atoms with Crippen molar-refractivity contribution >= 4 is 0 Å². The third kappa shape index (κ3) is 1.41. The molecule has 0 fully saturated rings. The van der Waals surface area contributed by atoms with E-state index in [2.05, 4.69) is 17.6 Å². The van der Waals surface area contributed by atoms with Gasteiger partial charge in [-0.25, -0.2) is 0 Å². The van der Waals surface area contributed by atoms with Crippen LogP contribution in [-0.4, -0.2) is 7.11 Å². The molecule has 0 heterocycles. The van der Waals surface area contributed by atoms with Gasteiger partial charge < -0.3 is 4.74 Å². The van der Waals surface area contributed by atoms with Crippen molar-refractivity contribution in [3.05, 3.63) is 29.3 Å². The van der Waals surface area contributed by atoms with Crippen LogP contribution in [0.3, 0.4) is 0 Å². The second-order valence-corrected chi connectivity index (χ2v) is 3.32. The Labute approximate surface area is 77.9 Å². The summed E-state index contributed by atoms with van der Waals surface area (Å²) in [5, 5.41) is 0. The Kier molecular flexibility index (Phi) is 2.20. The third-order valence-electron chi connectivity index (χ3n) is 2.63. The molecular formula is C10H14N2O. The molecule has 1 aliphatic rings. The molecule has 0 saturated carbocycles. The van der Waals surface area contributed by atoms with Gasteiger partial charge in [0.2, 0.25) is 0 Å². The predicted octanol–water partition coefficient (Wildman–Crippen LogP) is 1.15. The van der Waals surface area contributed by atoms with Gasteiger partial charge in [0.05, 0.1) is 7.11 Å². The number of methoxy groups -OCH3 is 1. The summed E-state index contributed by atoms with van der Waals surface area (Å²) in [6.45, 7) is 0. The standard InChI is InChI=1S/C10H14N2O/c1-13-8-4-2-7-3-5-10(12-11)9(7)6-8/h2,4,6,10,12H,3,5,11H2,1H3. The first-order chi connectivity index (χ1) is 6.35. The maximum absolute atomic E-state index is 5.45. The number of hydrogen-bond acceptors (Lipinski definition) is 3. The van der Waals surface area contributed by atoms with E-state index in [0.717, 1.165) is 18.6 Å². The molecule has 0 aliphatic heterocycles. The summed E-state index contributed by atoms with van der Waals surface area (Å²) >= 11 is 0. The number of benzene rings is 1. The molecule has 1 unspecified atom stereocenters. The molecule has 13 heavy (non-hydrogen) atoms. The van der Waals surface area contributed by atoms with E-state index in [0.29, 0.717) is 6.04 Å². The molecule has 1 atom stereocenters. The Morgan fingerprint density at radius 2 is 2.38 bits per heavy atom. The zero-order chi connectivity index (χ0) is 9.26. The second kappa shape index (κ2) is 3.36. The van der Waals surface area contributed by atoms with Crippen molar-refractivity contribution in [2.45, 2.75) is 18.9 Å². The van der Waals surface area contributed by atoms with Gasteiger partial charge in [-0.15, -0.1) is 0 Å². The Morgan fingerprint density at radius 1 is 1.54 bits per heavy atom. The van der Waals surface area contributed by atoms with E-state index in [1.165, 1.54) is 11.1 Å². The topological polar surface area (TPSA) is 47.3 Å². The van der Waals surface area contributed by atoms with Crippen LogP contribution in [0.1, 0.15) is 23.6 Å². The van der Waals surface area contributed by atoms with Crippen LogP contribution in [0, 0.1) is 0 Å². The number of ether oxygens (including phenoxy) is 1. The molecule has 3 N–H and O–H groups in total. The van der Waals surface area contributed by atoms with Crippen LogP contribution in [0.2, 0.25) is 0 Å². The summed E-state index contributed by atoms with van der Waals surface area (Å²) in [5.74, 6) is 6.35. The van der Waals surface area contributed by atoms with Crippen molar-refractivity contribution in [2.24, 2.45) is 5.84 Å². The van der Waals surface area contributed by atoms with Crippen LogP contribution in [0.25, 0.3) is 0 Å². The fourth-order valence-electron chi connectivity index (χ4n) is 1.88. The quantitative estimate of drug-likeness (QED) is 0.527. The Morgan fingerprint density at radius 3 is 3.08 bits per heavy atom.